The van der Waals surface area contributed by atoms with E-state index in [-0.39, 0.29) is 10.6 Å². The van der Waals surface area contributed by atoms with Gasteiger partial charge >= 0.3 is 0 Å². The number of halogens is 3. The van der Waals surface area contributed by atoms with Gasteiger partial charge in [0.05, 0.1) is 15.6 Å². The molecule has 0 aliphatic carbocycles. The molecule has 19 heavy (non-hydrogen) atoms. The zero-order chi connectivity index (χ0) is 14.0. The Morgan fingerprint density at radius 1 is 1.26 bits per heavy atom. The Hall–Kier alpha value is -1.18. The molecule has 100 valence electrons. The fourth-order valence-corrected chi connectivity index (χ4v) is 2.97. The second-order valence-corrected chi connectivity index (χ2v) is 6.42. The molecule has 0 saturated carbocycles. The number of benzene rings is 1. The molecule has 0 atom stereocenters. The number of hydrogen-bond acceptors (Lipinski definition) is 3. The van der Waals surface area contributed by atoms with Gasteiger partial charge in [0.1, 0.15) is 10.4 Å². The molecular formula is C11H7BrClFN2O2S. The van der Waals surface area contributed by atoms with E-state index in [1.54, 1.807) is 0 Å². The number of anilines is 1. The Labute approximate surface area is 122 Å². The van der Waals surface area contributed by atoms with E-state index in [4.69, 9.17) is 11.6 Å². The van der Waals surface area contributed by atoms with Crippen molar-refractivity contribution in [3.05, 3.63) is 52.0 Å². The summed E-state index contributed by atoms with van der Waals surface area (Å²) in [6, 6.07) is 5.90. The zero-order valence-electron chi connectivity index (χ0n) is 9.27. The van der Waals surface area contributed by atoms with Crippen molar-refractivity contribution in [2.45, 2.75) is 4.90 Å². The first kappa shape index (κ1) is 14.2. The van der Waals surface area contributed by atoms with Gasteiger partial charge < -0.3 is 0 Å². The summed E-state index contributed by atoms with van der Waals surface area (Å²) in [7, 11) is -3.81. The van der Waals surface area contributed by atoms with Crippen molar-refractivity contribution in [2.24, 2.45) is 0 Å². The fraction of sp³-hybridized carbons (Fsp3) is 0. The lowest BCUT2D eigenvalue weighted by atomic mass is 10.4. The van der Waals surface area contributed by atoms with Gasteiger partial charge in [0.15, 0.2) is 0 Å². The highest BCUT2D eigenvalue weighted by Crippen LogP contribution is 2.25. The van der Waals surface area contributed by atoms with Crippen LogP contribution in [0.5, 0.6) is 0 Å². The van der Waals surface area contributed by atoms with Gasteiger partial charge in [-0.15, -0.1) is 0 Å². The Morgan fingerprint density at radius 2 is 1.89 bits per heavy atom. The van der Waals surface area contributed by atoms with Gasteiger partial charge in [0.25, 0.3) is 10.0 Å². The molecular weight excluding hydrogens is 359 g/mol. The van der Waals surface area contributed by atoms with E-state index in [0.717, 1.165) is 12.1 Å². The SMILES string of the molecule is O=S(=O)(Nc1cc(Cl)cnc1Br)c1ccc(F)cc1. The molecule has 0 radical (unpaired) electrons. The predicted octanol–water partition coefficient (Wildman–Crippen LogP) is 3.44. The Morgan fingerprint density at radius 3 is 2.53 bits per heavy atom. The molecule has 0 saturated heterocycles. The number of sulfonamides is 1. The lowest BCUT2D eigenvalue weighted by Gasteiger charge is -2.09. The van der Waals surface area contributed by atoms with Gasteiger partial charge in [-0.25, -0.2) is 17.8 Å². The van der Waals surface area contributed by atoms with Crippen LogP contribution in [-0.2, 0) is 10.0 Å². The molecule has 0 spiro atoms. The average Bonchev–Trinajstić information content (AvgIpc) is 2.34. The molecule has 0 bridgehead atoms. The average molecular weight is 366 g/mol. The van der Waals surface area contributed by atoms with E-state index < -0.39 is 15.8 Å². The van der Waals surface area contributed by atoms with Gasteiger partial charge in [-0.1, -0.05) is 11.6 Å². The maximum Gasteiger partial charge on any atom is 0.261 e. The van der Waals surface area contributed by atoms with E-state index >= 15 is 0 Å². The molecule has 0 amide bonds. The van der Waals surface area contributed by atoms with Crippen molar-refractivity contribution in [2.75, 3.05) is 4.72 Å². The Bertz CT molecular complexity index is 707. The molecule has 1 heterocycles. The van der Waals surface area contributed by atoms with Crippen molar-refractivity contribution in [3.63, 3.8) is 0 Å². The summed E-state index contributed by atoms with van der Waals surface area (Å²) < 4.78 is 39.5. The second-order valence-electron chi connectivity index (χ2n) is 3.55. The van der Waals surface area contributed by atoms with Gasteiger partial charge in [0, 0.05) is 6.20 Å². The van der Waals surface area contributed by atoms with Gasteiger partial charge in [0.2, 0.25) is 0 Å². The van der Waals surface area contributed by atoms with Crippen LogP contribution in [0.25, 0.3) is 0 Å². The Balaban J connectivity index is 2.36. The maximum atomic E-state index is 12.8. The van der Waals surface area contributed by atoms with Crippen LogP contribution in [0.2, 0.25) is 5.02 Å². The van der Waals surface area contributed by atoms with Crippen LogP contribution in [0.4, 0.5) is 10.1 Å². The van der Waals surface area contributed by atoms with Crippen LogP contribution in [0.1, 0.15) is 0 Å². The van der Waals surface area contributed by atoms with Gasteiger partial charge in [-0.2, -0.15) is 0 Å². The zero-order valence-corrected chi connectivity index (χ0v) is 12.4. The normalized spacial score (nSPS) is 11.3. The first-order valence-corrected chi connectivity index (χ1v) is 7.63. The molecule has 0 aliphatic rings. The van der Waals surface area contributed by atoms with E-state index in [2.05, 4.69) is 25.6 Å². The summed E-state index contributed by atoms with van der Waals surface area (Å²) in [4.78, 5) is 3.81. The van der Waals surface area contributed by atoms with Crippen molar-refractivity contribution >= 4 is 43.2 Å². The monoisotopic (exact) mass is 364 g/mol. The maximum absolute atomic E-state index is 12.8. The quantitative estimate of drug-likeness (QED) is 0.848. The molecule has 4 nitrogen and oxygen atoms in total. The molecule has 1 aromatic heterocycles. The van der Waals surface area contributed by atoms with Crippen molar-refractivity contribution in [1.29, 1.82) is 0 Å². The molecule has 2 aromatic rings. The number of nitrogens with zero attached hydrogens (tertiary/aromatic N) is 1. The van der Waals surface area contributed by atoms with Crippen molar-refractivity contribution in [3.8, 4) is 0 Å². The first-order valence-electron chi connectivity index (χ1n) is 4.98. The summed E-state index contributed by atoms with van der Waals surface area (Å²) in [6.45, 7) is 0. The summed E-state index contributed by atoms with van der Waals surface area (Å²) >= 11 is 8.86. The largest absolute Gasteiger partial charge is 0.277 e. The second kappa shape index (κ2) is 5.44. The smallest absolute Gasteiger partial charge is 0.261 e. The molecule has 2 rings (SSSR count). The van der Waals surface area contributed by atoms with Crippen LogP contribution >= 0.6 is 27.5 Å². The molecule has 1 N–H and O–H groups in total. The highest BCUT2D eigenvalue weighted by atomic mass is 79.9. The predicted molar refractivity (Wildman–Crippen MR) is 74.2 cm³/mol. The number of aromatic nitrogens is 1. The molecule has 0 fully saturated rings. The van der Waals surface area contributed by atoms with E-state index in [0.29, 0.717) is 9.63 Å². The van der Waals surface area contributed by atoms with Crippen LogP contribution in [0, 0.1) is 5.82 Å². The lowest BCUT2D eigenvalue weighted by Crippen LogP contribution is -2.13. The minimum Gasteiger partial charge on any atom is -0.277 e. The molecule has 0 aliphatic heterocycles. The fourth-order valence-electron chi connectivity index (χ4n) is 1.31. The minimum atomic E-state index is -3.81. The summed E-state index contributed by atoms with van der Waals surface area (Å²) in [5.41, 5.74) is 0.205. The summed E-state index contributed by atoms with van der Waals surface area (Å²) in [5, 5.41) is 0.292. The number of nitrogens with one attached hydrogen (secondary N) is 1. The summed E-state index contributed by atoms with van der Waals surface area (Å²) in [5.74, 6) is -0.510. The Kier molecular flexibility index (Phi) is 4.07. The standard InChI is InChI=1S/C11H7BrClFN2O2S/c12-11-10(5-7(13)6-15-11)16-19(17,18)9-3-1-8(14)2-4-9/h1-6,16H. The molecule has 1 aromatic carbocycles. The van der Waals surface area contributed by atoms with Crippen molar-refractivity contribution < 1.29 is 12.8 Å². The van der Waals surface area contributed by atoms with Crippen LogP contribution in [0.15, 0.2) is 46.0 Å². The number of rotatable bonds is 3. The minimum absolute atomic E-state index is 0.0548. The van der Waals surface area contributed by atoms with Crippen LogP contribution < -0.4 is 4.72 Å². The van der Waals surface area contributed by atoms with E-state index in [1.165, 1.54) is 24.4 Å². The molecule has 8 heteroatoms. The van der Waals surface area contributed by atoms with Gasteiger partial charge in [-0.3, -0.25) is 4.72 Å². The lowest BCUT2D eigenvalue weighted by molar-refractivity contribution is 0.599. The topological polar surface area (TPSA) is 59.1 Å². The molecule has 0 unspecified atom stereocenters. The van der Waals surface area contributed by atoms with Crippen LogP contribution in [-0.4, -0.2) is 13.4 Å². The summed E-state index contributed by atoms with van der Waals surface area (Å²) in [6.07, 6.45) is 1.38. The third kappa shape index (κ3) is 3.43. The van der Waals surface area contributed by atoms with Crippen LogP contribution in [0.3, 0.4) is 0 Å². The van der Waals surface area contributed by atoms with Gasteiger partial charge in [-0.05, 0) is 46.3 Å². The highest BCUT2D eigenvalue weighted by molar-refractivity contribution is 9.10. The first-order chi connectivity index (χ1) is 8.88. The van der Waals surface area contributed by atoms with Crippen molar-refractivity contribution in [1.82, 2.24) is 4.98 Å². The van der Waals surface area contributed by atoms with E-state index in [1.807, 2.05) is 0 Å². The number of pyridine rings is 1. The van der Waals surface area contributed by atoms with E-state index in [9.17, 15) is 12.8 Å². The third-order valence-electron chi connectivity index (χ3n) is 2.17. The third-order valence-corrected chi connectivity index (χ3v) is 4.39. The highest BCUT2D eigenvalue weighted by Gasteiger charge is 2.16. The number of hydrogen-bond donors (Lipinski definition) is 1.